The van der Waals surface area contributed by atoms with E-state index in [0.717, 1.165) is 11.4 Å². The third kappa shape index (κ3) is 3.09. The van der Waals surface area contributed by atoms with Gasteiger partial charge in [0.05, 0.1) is 7.11 Å². The van der Waals surface area contributed by atoms with Crippen LogP contribution >= 0.6 is 0 Å². The molecule has 1 rings (SSSR count). The molecule has 80 valence electrons. The Hall–Kier alpha value is -1.84. The van der Waals surface area contributed by atoms with E-state index >= 15 is 0 Å². The maximum atomic E-state index is 5.11. The number of aliphatic imine (C=N–C) groups is 1. The number of hydrogen-bond donors (Lipinski definition) is 1. The molecule has 15 heavy (non-hydrogen) atoms. The van der Waals surface area contributed by atoms with Crippen molar-refractivity contribution in [2.75, 3.05) is 14.2 Å². The number of rotatable bonds is 3. The van der Waals surface area contributed by atoms with Crippen molar-refractivity contribution in [1.82, 2.24) is 10.3 Å². The van der Waals surface area contributed by atoms with Crippen molar-refractivity contribution >= 4 is 5.84 Å². The van der Waals surface area contributed by atoms with Gasteiger partial charge in [0.2, 0.25) is 0 Å². The largest absolute Gasteiger partial charge is 0.497 e. The van der Waals surface area contributed by atoms with Crippen LogP contribution in [0.5, 0.6) is 5.75 Å². The monoisotopic (exact) mass is 205 g/mol. The Morgan fingerprint density at radius 1 is 1.60 bits per heavy atom. The predicted octanol–water partition coefficient (Wildman–Crippen LogP) is 1.59. The van der Waals surface area contributed by atoms with E-state index in [1.54, 1.807) is 26.4 Å². The quantitative estimate of drug-likeness (QED) is 0.602. The second-order valence-corrected chi connectivity index (χ2v) is 2.80. The molecule has 0 saturated carbocycles. The molecular formula is C11H15N3O. The topological polar surface area (TPSA) is 46.5 Å². The predicted molar refractivity (Wildman–Crippen MR) is 61.2 cm³/mol. The Bertz CT molecular complexity index is 372. The lowest BCUT2D eigenvalue weighted by molar-refractivity contribution is 0.414. The van der Waals surface area contributed by atoms with Crippen LogP contribution in [0.25, 0.3) is 0 Å². The van der Waals surface area contributed by atoms with Gasteiger partial charge in [0.25, 0.3) is 0 Å². The van der Waals surface area contributed by atoms with E-state index < -0.39 is 0 Å². The zero-order valence-corrected chi connectivity index (χ0v) is 9.19. The van der Waals surface area contributed by atoms with Gasteiger partial charge in [0.15, 0.2) is 5.84 Å². The minimum absolute atomic E-state index is 0.715. The lowest BCUT2D eigenvalue weighted by Gasteiger charge is -2.06. The van der Waals surface area contributed by atoms with Crippen LogP contribution in [-0.2, 0) is 0 Å². The Labute approximate surface area is 89.7 Å². The van der Waals surface area contributed by atoms with Crippen molar-refractivity contribution in [3.05, 3.63) is 36.3 Å². The van der Waals surface area contributed by atoms with E-state index in [4.69, 9.17) is 4.74 Å². The third-order valence-corrected chi connectivity index (χ3v) is 1.82. The van der Waals surface area contributed by atoms with Gasteiger partial charge in [0.1, 0.15) is 11.4 Å². The highest BCUT2D eigenvalue weighted by Crippen LogP contribution is 2.09. The van der Waals surface area contributed by atoms with Gasteiger partial charge in [0, 0.05) is 19.3 Å². The molecule has 4 nitrogen and oxygen atoms in total. The van der Waals surface area contributed by atoms with Crippen LogP contribution in [-0.4, -0.2) is 25.0 Å². The summed E-state index contributed by atoms with van der Waals surface area (Å²) in [6.45, 7) is 1.93. The van der Waals surface area contributed by atoms with Gasteiger partial charge in [-0.25, -0.2) is 0 Å². The first-order chi connectivity index (χ1) is 7.31. The van der Waals surface area contributed by atoms with E-state index in [9.17, 15) is 0 Å². The number of nitrogens with zero attached hydrogens (tertiary/aromatic N) is 2. The van der Waals surface area contributed by atoms with Gasteiger partial charge in [-0.2, -0.15) is 0 Å². The first-order valence-corrected chi connectivity index (χ1v) is 4.66. The molecule has 0 aromatic carbocycles. The molecule has 0 saturated heterocycles. The van der Waals surface area contributed by atoms with Crippen LogP contribution in [0.4, 0.5) is 0 Å². The average molecular weight is 205 g/mol. The van der Waals surface area contributed by atoms with Crippen LogP contribution in [0.2, 0.25) is 0 Å². The summed E-state index contributed by atoms with van der Waals surface area (Å²) in [4.78, 5) is 8.31. The number of nitrogens with one attached hydrogen (secondary N) is 1. The van der Waals surface area contributed by atoms with Crippen molar-refractivity contribution in [2.45, 2.75) is 6.92 Å². The number of aromatic nitrogens is 1. The molecule has 0 amide bonds. The van der Waals surface area contributed by atoms with Gasteiger partial charge in [-0.05, 0) is 19.2 Å². The van der Waals surface area contributed by atoms with E-state index in [-0.39, 0.29) is 0 Å². The summed E-state index contributed by atoms with van der Waals surface area (Å²) in [5.41, 5.74) is 0.759. The van der Waals surface area contributed by atoms with Gasteiger partial charge in [-0.1, -0.05) is 6.08 Å². The summed E-state index contributed by atoms with van der Waals surface area (Å²) in [6, 6.07) is 3.63. The minimum Gasteiger partial charge on any atom is -0.497 e. The number of allylic oxidation sites excluding steroid dienone is 1. The minimum atomic E-state index is 0.715. The van der Waals surface area contributed by atoms with Crippen LogP contribution < -0.4 is 10.1 Å². The maximum Gasteiger partial charge on any atom is 0.151 e. The fourth-order valence-corrected chi connectivity index (χ4v) is 1.08. The molecule has 0 radical (unpaired) electrons. The van der Waals surface area contributed by atoms with Gasteiger partial charge < -0.3 is 10.1 Å². The van der Waals surface area contributed by atoms with Crippen molar-refractivity contribution < 1.29 is 4.74 Å². The summed E-state index contributed by atoms with van der Waals surface area (Å²) >= 11 is 0. The van der Waals surface area contributed by atoms with Gasteiger partial charge >= 0.3 is 0 Å². The Morgan fingerprint density at radius 2 is 2.40 bits per heavy atom. The van der Waals surface area contributed by atoms with Crippen molar-refractivity contribution in [1.29, 1.82) is 0 Å². The molecule has 1 aromatic rings. The highest BCUT2D eigenvalue weighted by atomic mass is 16.5. The number of pyridine rings is 1. The van der Waals surface area contributed by atoms with Crippen molar-refractivity contribution in [2.24, 2.45) is 4.99 Å². The van der Waals surface area contributed by atoms with E-state index in [2.05, 4.69) is 15.3 Å². The highest BCUT2D eigenvalue weighted by Gasteiger charge is 2.03. The molecule has 4 heteroatoms. The fraction of sp³-hybridized carbons (Fsp3) is 0.273. The third-order valence-electron chi connectivity index (χ3n) is 1.82. The Kier molecular flexibility index (Phi) is 4.34. The summed E-state index contributed by atoms with van der Waals surface area (Å²) in [7, 11) is 3.34. The second kappa shape index (κ2) is 5.80. The molecule has 1 N–H and O–H groups in total. The van der Waals surface area contributed by atoms with Crippen LogP contribution in [0.3, 0.4) is 0 Å². The molecule has 0 unspecified atom stereocenters. The van der Waals surface area contributed by atoms with Crippen molar-refractivity contribution in [3.8, 4) is 5.75 Å². The molecule has 0 aliphatic rings. The van der Waals surface area contributed by atoms with Crippen LogP contribution in [0.1, 0.15) is 12.6 Å². The van der Waals surface area contributed by atoms with Crippen molar-refractivity contribution in [3.63, 3.8) is 0 Å². The molecule has 0 aliphatic carbocycles. The fourth-order valence-electron chi connectivity index (χ4n) is 1.08. The number of hydrogen-bond acceptors (Lipinski definition) is 3. The first kappa shape index (κ1) is 11.2. The lowest BCUT2D eigenvalue weighted by Crippen LogP contribution is -2.19. The molecule has 0 atom stereocenters. The number of amidine groups is 1. The second-order valence-electron chi connectivity index (χ2n) is 2.80. The number of ether oxygens (including phenoxy) is 1. The SMILES string of the molecule is C/C=C/NC(=NC)c1cc(OC)ccn1. The first-order valence-electron chi connectivity index (χ1n) is 4.66. The van der Waals surface area contributed by atoms with E-state index in [1.807, 2.05) is 25.3 Å². The standard InChI is InChI=1S/C11H15N3O/c1-4-6-14-11(12-2)10-8-9(15-3)5-7-13-10/h4-8H,1-3H3,(H,12,14)/b6-4+. The van der Waals surface area contributed by atoms with E-state index in [1.165, 1.54) is 0 Å². The average Bonchev–Trinajstić information content (AvgIpc) is 2.30. The summed E-state index contributed by atoms with van der Waals surface area (Å²) in [5, 5.41) is 3.04. The normalized spacial score (nSPS) is 11.8. The summed E-state index contributed by atoms with van der Waals surface area (Å²) in [6.07, 6.45) is 5.39. The highest BCUT2D eigenvalue weighted by molar-refractivity contribution is 5.97. The molecule has 0 aliphatic heterocycles. The molecule has 0 fully saturated rings. The molecule has 0 spiro atoms. The Balaban J connectivity index is 2.92. The molecule has 0 bridgehead atoms. The molecular weight excluding hydrogens is 190 g/mol. The molecule has 1 aromatic heterocycles. The summed E-state index contributed by atoms with van der Waals surface area (Å²) in [5.74, 6) is 1.48. The van der Waals surface area contributed by atoms with Gasteiger partial charge in [-0.15, -0.1) is 0 Å². The summed E-state index contributed by atoms with van der Waals surface area (Å²) < 4.78 is 5.11. The van der Waals surface area contributed by atoms with Gasteiger partial charge in [-0.3, -0.25) is 9.98 Å². The lowest BCUT2D eigenvalue weighted by atomic mass is 10.3. The zero-order valence-electron chi connectivity index (χ0n) is 9.19. The van der Waals surface area contributed by atoms with Crippen LogP contribution in [0.15, 0.2) is 35.6 Å². The smallest absolute Gasteiger partial charge is 0.151 e. The number of methoxy groups -OCH3 is 1. The molecule has 1 heterocycles. The zero-order chi connectivity index (χ0) is 11.1. The van der Waals surface area contributed by atoms with Crippen LogP contribution in [0, 0.1) is 0 Å². The Morgan fingerprint density at radius 3 is 3.00 bits per heavy atom. The maximum absolute atomic E-state index is 5.11. The van der Waals surface area contributed by atoms with E-state index in [0.29, 0.717) is 5.84 Å².